The lowest BCUT2D eigenvalue weighted by Gasteiger charge is -2.01. The zero-order valence-corrected chi connectivity index (χ0v) is 7.85. The fourth-order valence-electron chi connectivity index (χ4n) is 1.10. The van der Waals surface area contributed by atoms with Crippen LogP contribution in [0.3, 0.4) is 0 Å². The molecule has 66 valence electrons. The highest BCUT2D eigenvalue weighted by molar-refractivity contribution is 7.89. The summed E-state index contributed by atoms with van der Waals surface area (Å²) in [5, 5.41) is 4.97. The largest absolute Gasteiger partial charge is 0.238 e. The van der Waals surface area contributed by atoms with Crippen LogP contribution in [0.1, 0.15) is 11.1 Å². The third-order valence-electron chi connectivity index (χ3n) is 1.52. The Hall–Kier alpha value is -0.870. The van der Waals surface area contributed by atoms with E-state index in [0.29, 0.717) is 0 Å². The number of primary sulfonamides is 1. The van der Waals surface area contributed by atoms with Crippen LogP contribution in [0.15, 0.2) is 23.1 Å². The summed E-state index contributed by atoms with van der Waals surface area (Å²) in [7, 11) is -3.55. The van der Waals surface area contributed by atoms with Gasteiger partial charge in [-0.2, -0.15) is 0 Å². The number of sulfonamides is 1. The molecule has 4 heteroatoms. The van der Waals surface area contributed by atoms with Crippen LogP contribution >= 0.6 is 0 Å². The van der Waals surface area contributed by atoms with Gasteiger partial charge in [0.15, 0.2) is 0 Å². The highest BCUT2D eigenvalue weighted by Gasteiger charge is 2.07. The Labute approximate surface area is 72.3 Å². The molecule has 0 unspecified atom stereocenters. The van der Waals surface area contributed by atoms with Gasteiger partial charge < -0.3 is 0 Å². The monoisotopic (exact) mass is 185 g/mol. The first kappa shape index (κ1) is 9.22. The van der Waals surface area contributed by atoms with E-state index in [-0.39, 0.29) is 4.90 Å². The Bertz CT molecular complexity index is 375. The van der Waals surface area contributed by atoms with Gasteiger partial charge in [0.25, 0.3) is 0 Å². The zero-order chi connectivity index (χ0) is 9.35. The smallest absolute Gasteiger partial charge is 0.225 e. The van der Waals surface area contributed by atoms with Crippen molar-refractivity contribution < 1.29 is 8.42 Å². The SMILES string of the molecule is Cc1cc(C)cc(S(N)(=O)=O)c1. The second-order valence-electron chi connectivity index (χ2n) is 2.87. The summed E-state index contributed by atoms with van der Waals surface area (Å²) in [6.07, 6.45) is 0. The van der Waals surface area contributed by atoms with E-state index < -0.39 is 10.0 Å². The summed E-state index contributed by atoms with van der Waals surface area (Å²) in [4.78, 5) is 0.181. The van der Waals surface area contributed by atoms with E-state index in [1.54, 1.807) is 12.1 Å². The Morgan fingerprint density at radius 3 is 1.83 bits per heavy atom. The number of benzene rings is 1. The molecule has 2 N–H and O–H groups in total. The van der Waals surface area contributed by atoms with E-state index in [4.69, 9.17) is 5.14 Å². The number of rotatable bonds is 1. The molecule has 0 aromatic heterocycles. The Morgan fingerprint density at radius 1 is 1.08 bits per heavy atom. The van der Waals surface area contributed by atoms with Gasteiger partial charge in [-0.25, -0.2) is 13.6 Å². The van der Waals surface area contributed by atoms with Crippen LogP contribution in [0.25, 0.3) is 0 Å². The van der Waals surface area contributed by atoms with Crippen LogP contribution in [-0.2, 0) is 10.0 Å². The molecular weight excluding hydrogens is 174 g/mol. The number of aryl methyl sites for hydroxylation is 2. The maximum Gasteiger partial charge on any atom is 0.238 e. The summed E-state index contributed by atoms with van der Waals surface area (Å²) in [6, 6.07) is 5.01. The summed E-state index contributed by atoms with van der Waals surface area (Å²) >= 11 is 0. The molecule has 1 aromatic rings. The molecule has 0 aliphatic rings. The van der Waals surface area contributed by atoms with Crippen LogP contribution in [0.5, 0.6) is 0 Å². The predicted molar refractivity (Wildman–Crippen MR) is 47.3 cm³/mol. The molecule has 0 radical (unpaired) electrons. The molecule has 0 heterocycles. The van der Waals surface area contributed by atoms with Gasteiger partial charge in [0.2, 0.25) is 10.0 Å². The third kappa shape index (κ3) is 2.06. The summed E-state index contributed by atoms with van der Waals surface area (Å²) in [5.41, 5.74) is 1.80. The average Bonchev–Trinajstić information content (AvgIpc) is 1.82. The molecule has 0 saturated carbocycles. The van der Waals surface area contributed by atoms with Crippen molar-refractivity contribution in [2.75, 3.05) is 0 Å². The van der Waals surface area contributed by atoms with E-state index in [1.165, 1.54) is 0 Å². The van der Waals surface area contributed by atoms with Crippen LogP contribution < -0.4 is 5.14 Å². The van der Waals surface area contributed by atoms with Gasteiger partial charge in [0, 0.05) is 0 Å². The Morgan fingerprint density at radius 2 is 1.50 bits per heavy atom. The summed E-state index contributed by atoms with van der Waals surface area (Å²) in [6.45, 7) is 3.67. The number of nitrogens with two attached hydrogens (primary N) is 1. The van der Waals surface area contributed by atoms with Crippen LogP contribution in [0, 0.1) is 13.8 Å². The highest BCUT2D eigenvalue weighted by Crippen LogP contribution is 2.12. The van der Waals surface area contributed by atoms with Gasteiger partial charge in [-0.05, 0) is 37.1 Å². The standard InChI is InChI=1S/C8H11NO2S/c1-6-3-7(2)5-8(4-6)12(9,10)11/h3-5H,1-2H3,(H2,9,10,11). The summed E-state index contributed by atoms with van der Waals surface area (Å²) < 4.78 is 21.8. The van der Waals surface area contributed by atoms with Gasteiger partial charge in [-0.3, -0.25) is 0 Å². The molecule has 0 saturated heterocycles. The lowest BCUT2D eigenvalue weighted by molar-refractivity contribution is 0.597. The van der Waals surface area contributed by atoms with E-state index in [1.807, 2.05) is 19.9 Å². The van der Waals surface area contributed by atoms with Crippen molar-refractivity contribution in [3.8, 4) is 0 Å². The van der Waals surface area contributed by atoms with E-state index >= 15 is 0 Å². The second kappa shape index (κ2) is 2.88. The predicted octanol–water partition coefficient (Wildman–Crippen LogP) is 0.951. The van der Waals surface area contributed by atoms with Crippen molar-refractivity contribution in [3.05, 3.63) is 29.3 Å². The molecule has 0 spiro atoms. The van der Waals surface area contributed by atoms with Crippen molar-refractivity contribution in [2.24, 2.45) is 5.14 Å². The van der Waals surface area contributed by atoms with Crippen molar-refractivity contribution in [1.82, 2.24) is 0 Å². The molecule has 0 aliphatic carbocycles. The third-order valence-corrected chi connectivity index (χ3v) is 2.42. The lowest BCUT2D eigenvalue weighted by atomic mass is 10.2. The van der Waals surface area contributed by atoms with E-state index in [0.717, 1.165) is 11.1 Å². The van der Waals surface area contributed by atoms with Crippen LogP contribution in [0.2, 0.25) is 0 Å². The average molecular weight is 185 g/mol. The van der Waals surface area contributed by atoms with Crippen molar-refractivity contribution >= 4 is 10.0 Å². The van der Waals surface area contributed by atoms with Gasteiger partial charge in [0.05, 0.1) is 4.90 Å². The van der Waals surface area contributed by atoms with Gasteiger partial charge in [-0.1, -0.05) is 6.07 Å². The number of hydrogen-bond acceptors (Lipinski definition) is 2. The molecule has 0 aliphatic heterocycles. The summed E-state index contributed by atoms with van der Waals surface area (Å²) in [5.74, 6) is 0. The van der Waals surface area contributed by atoms with Crippen molar-refractivity contribution in [2.45, 2.75) is 18.7 Å². The quantitative estimate of drug-likeness (QED) is 0.708. The first-order chi connectivity index (χ1) is 5.39. The lowest BCUT2D eigenvalue weighted by Crippen LogP contribution is -2.12. The minimum Gasteiger partial charge on any atom is -0.225 e. The van der Waals surface area contributed by atoms with Crippen molar-refractivity contribution in [3.63, 3.8) is 0 Å². The highest BCUT2D eigenvalue weighted by atomic mass is 32.2. The molecule has 0 bridgehead atoms. The topological polar surface area (TPSA) is 60.2 Å². The van der Waals surface area contributed by atoms with Crippen LogP contribution in [-0.4, -0.2) is 8.42 Å². The van der Waals surface area contributed by atoms with Crippen molar-refractivity contribution in [1.29, 1.82) is 0 Å². The zero-order valence-electron chi connectivity index (χ0n) is 7.03. The minimum atomic E-state index is -3.55. The molecular formula is C8H11NO2S. The molecule has 3 nitrogen and oxygen atoms in total. The molecule has 0 fully saturated rings. The van der Waals surface area contributed by atoms with Gasteiger partial charge in [0.1, 0.15) is 0 Å². The van der Waals surface area contributed by atoms with E-state index in [9.17, 15) is 8.42 Å². The Kier molecular flexibility index (Phi) is 2.21. The van der Waals surface area contributed by atoms with E-state index in [2.05, 4.69) is 0 Å². The molecule has 0 atom stereocenters. The minimum absolute atomic E-state index is 0.181. The number of hydrogen-bond donors (Lipinski definition) is 1. The fraction of sp³-hybridized carbons (Fsp3) is 0.250. The normalized spacial score (nSPS) is 11.6. The molecule has 1 rings (SSSR count). The van der Waals surface area contributed by atoms with Crippen LogP contribution in [0.4, 0.5) is 0 Å². The Balaban J connectivity index is 3.37. The fourth-order valence-corrected chi connectivity index (χ4v) is 1.80. The van der Waals surface area contributed by atoms with Gasteiger partial charge in [-0.15, -0.1) is 0 Å². The molecule has 0 amide bonds. The second-order valence-corrected chi connectivity index (χ2v) is 4.43. The first-order valence-electron chi connectivity index (χ1n) is 3.51. The maximum atomic E-state index is 10.9. The maximum absolute atomic E-state index is 10.9. The molecule has 1 aromatic carbocycles. The van der Waals surface area contributed by atoms with Gasteiger partial charge >= 0.3 is 0 Å². The molecule has 12 heavy (non-hydrogen) atoms. The first-order valence-corrected chi connectivity index (χ1v) is 5.05.